The predicted molar refractivity (Wildman–Crippen MR) is 83.8 cm³/mol. The lowest BCUT2D eigenvalue weighted by molar-refractivity contribution is 0.248. The topological polar surface area (TPSA) is 18.5 Å². The van der Waals surface area contributed by atoms with Crippen molar-refractivity contribution in [2.75, 3.05) is 13.2 Å². The van der Waals surface area contributed by atoms with Crippen LogP contribution in [0.1, 0.15) is 22.6 Å². The Morgan fingerprint density at radius 2 is 1.90 bits per heavy atom. The fraction of sp³-hybridized carbons (Fsp3) is 0.294. The Kier molecular flexibility index (Phi) is 3.70. The van der Waals surface area contributed by atoms with Gasteiger partial charge in [-0.05, 0) is 43.2 Å². The molecule has 1 aliphatic rings. The van der Waals surface area contributed by atoms with Gasteiger partial charge < -0.3 is 9.47 Å². The largest absolute Gasteiger partial charge is 0.493 e. The SMILES string of the molecule is Cc1cc(OCC2COc3ccccc32)cc(C)c1Br. The van der Waals surface area contributed by atoms with Gasteiger partial charge >= 0.3 is 0 Å². The van der Waals surface area contributed by atoms with Gasteiger partial charge in [0.25, 0.3) is 0 Å². The average molecular weight is 333 g/mol. The van der Waals surface area contributed by atoms with E-state index in [-0.39, 0.29) is 0 Å². The monoisotopic (exact) mass is 332 g/mol. The summed E-state index contributed by atoms with van der Waals surface area (Å²) < 4.78 is 12.8. The Morgan fingerprint density at radius 1 is 1.20 bits per heavy atom. The van der Waals surface area contributed by atoms with Crippen LogP contribution in [-0.2, 0) is 0 Å². The van der Waals surface area contributed by atoms with Gasteiger partial charge in [-0.2, -0.15) is 0 Å². The van der Waals surface area contributed by atoms with Crippen LogP contribution in [0.4, 0.5) is 0 Å². The minimum atomic E-state index is 0.315. The van der Waals surface area contributed by atoms with E-state index < -0.39 is 0 Å². The summed E-state index contributed by atoms with van der Waals surface area (Å²) in [4.78, 5) is 0. The molecule has 0 saturated carbocycles. The molecule has 104 valence electrons. The third-order valence-corrected chi connectivity index (χ3v) is 4.91. The van der Waals surface area contributed by atoms with Crippen LogP contribution in [0, 0.1) is 13.8 Å². The van der Waals surface area contributed by atoms with Gasteiger partial charge in [-0.25, -0.2) is 0 Å². The highest BCUT2D eigenvalue weighted by atomic mass is 79.9. The molecule has 0 saturated heterocycles. The molecule has 0 aromatic heterocycles. The Labute approximate surface area is 127 Å². The lowest BCUT2D eigenvalue weighted by Crippen LogP contribution is -2.11. The van der Waals surface area contributed by atoms with Crippen LogP contribution in [0.15, 0.2) is 40.9 Å². The molecule has 2 aromatic rings. The van der Waals surface area contributed by atoms with Crippen molar-refractivity contribution >= 4 is 15.9 Å². The van der Waals surface area contributed by atoms with Crippen molar-refractivity contribution in [3.8, 4) is 11.5 Å². The summed E-state index contributed by atoms with van der Waals surface area (Å²) in [6.45, 7) is 5.52. The van der Waals surface area contributed by atoms with Gasteiger partial charge in [0.05, 0.1) is 19.1 Å². The Hall–Kier alpha value is -1.48. The molecule has 0 aliphatic carbocycles. The molecule has 2 nitrogen and oxygen atoms in total. The average Bonchev–Trinajstić information content (AvgIpc) is 2.85. The van der Waals surface area contributed by atoms with Crippen molar-refractivity contribution in [1.82, 2.24) is 0 Å². The van der Waals surface area contributed by atoms with E-state index in [9.17, 15) is 0 Å². The molecule has 2 aromatic carbocycles. The van der Waals surface area contributed by atoms with Gasteiger partial charge in [-0.3, -0.25) is 0 Å². The molecule has 0 spiro atoms. The number of aryl methyl sites for hydroxylation is 2. The molecule has 20 heavy (non-hydrogen) atoms. The highest BCUT2D eigenvalue weighted by Crippen LogP contribution is 2.34. The summed E-state index contributed by atoms with van der Waals surface area (Å²) in [6, 6.07) is 12.3. The molecule has 0 N–H and O–H groups in total. The van der Waals surface area contributed by atoms with Crippen molar-refractivity contribution in [2.24, 2.45) is 0 Å². The van der Waals surface area contributed by atoms with Gasteiger partial charge in [-0.15, -0.1) is 0 Å². The van der Waals surface area contributed by atoms with Crippen LogP contribution >= 0.6 is 15.9 Å². The van der Waals surface area contributed by atoms with Gasteiger partial charge in [0.2, 0.25) is 0 Å². The summed E-state index contributed by atoms with van der Waals surface area (Å²) in [5, 5.41) is 0. The molecular formula is C17H17BrO2. The lowest BCUT2D eigenvalue weighted by atomic mass is 10.0. The number of rotatable bonds is 3. The summed E-state index contributed by atoms with van der Waals surface area (Å²) in [5.41, 5.74) is 3.64. The molecule has 1 unspecified atom stereocenters. The molecule has 1 heterocycles. The maximum Gasteiger partial charge on any atom is 0.123 e. The highest BCUT2D eigenvalue weighted by molar-refractivity contribution is 9.10. The first-order valence-corrected chi connectivity index (χ1v) is 7.55. The van der Waals surface area contributed by atoms with Crippen LogP contribution in [0.5, 0.6) is 11.5 Å². The first-order valence-electron chi connectivity index (χ1n) is 6.76. The first kappa shape index (κ1) is 13.5. The summed E-state index contributed by atoms with van der Waals surface area (Å²) in [6.07, 6.45) is 0. The van der Waals surface area contributed by atoms with Gasteiger partial charge in [0.1, 0.15) is 11.5 Å². The molecule has 0 bridgehead atoms. The lowest BCUT2D eigenvalue weighted by Gasteiger charge is -2.13. The molecule has 3 rings (SSSR count). The molecule has 3 heteroatoms. The fourth-order valence-electron chi connectivity index (χ4n) is 2.55. The van der Waals surface area contributed by atoms with Crippen LogP contribution in [-0.4, -0.2) is 13.2 Å². The van der Waals surface area contributed by atoms with Gasteiger partial charge in [0, 0.05) is 10.0 Å². The van der Waals surface area contributed by atoms with Crippen LogP contribution in [0.2, 0.25) is 0 Å². The van der Waals surface area contributed by atoms with E-state index in [0.717, 1.165) is 16.0 Å². The zero-order chi connectivity index (χ0) is 14.1. The van der Waals surface area contributed by atoms with Crippen LogP contribution in [0.3, 0.4) is 0 Å². The van der Waals surface area contributed by atoms with Crippen molar-refractivity contribution in [2.45, 2.75) is 19.8 Å². The standard InChI is InChI=1S/C17H17BrO2/c1-11-7-14(8-12(2)17(11)18)19-9-13-10-20-16-6-4-3-5-15(13)16/h3-8,13H,9-10H2,1-2H3. The molecule has 0 fully saturated rings. The van der Waals surface area contributed by atoms with E-state index >= 15 is 0 Å². The van der Waals surface area contributed by atoms with Crippen molar-refractivity contribution < 1.29 is 9.47 Å². The number of fused-ring (bicyclic) bond motifs is 1. The van der Waals surface area contributed by atoms with Gasteiger partial charge in [0.15, 0.2) is 0 Å². The maximum absolute atomic E-state index is 5.96. The second-order valence-corrected chi connectivity index (χ2v) is 6.02. The van der Waals surface area contributed by atoms with E-state index in [1.165, 1.54) is 16.7 Å². The second-order valence-electron chi connectivity index (χ2n) is 5.23. The first-order chi connectivity index (χ1) is 9.65. The third kappa shape index (κ3) is 2.55. The van der Waals surface area contributed by atoms with Gasteiger partial charge in [-0.1, -0.05) is 34.1 Å². The molecule has 1 aliphatic heterocycles. The molecule has 0 amide bonds. The highest BCUT2D eigenvalue weighted by Gasteiger charge is 2.24. The number of hydrogen-bond acceptors (Lipinski definition) is 2. The van der Waals surface area contributed by atoms with E-state index in [2.05, 4.69) is 54.0 Å². The number of hydrogen-bond donors (Lipinski definition) is 0. The van der Waals surface area contributed by atoms with Crippen molar-refractivity contribution in [3.05, 3.63) is 57.6 Å². The zero-order valence-electron chi connectivity index (χ0n) is 11.7. The second kappa shape index (κ2) is 5.49. The molecule has 1 atom stereocenters. The zero-order valence-corrected chi connectivity index (χ0v) is 13.2. The van der Waals surface area contributed by atoms with E-state index in [4.69, 9.17) is 9.47 Å². The maximum atomic E-state index is 5.96. The number of para-hydroxylation sites is 1. The number of ether oxygens (including phenoxy) is 2. The normalized spacial score (nSPS) is 16.6. The minimum Gasteiger partial charge on any atom is -0.493 e. The summed E-state index contributed by atoms with van der Waals surface area (Å²) in [7, 11) is 0. The van der Waals surface area contributed by atoms with Crippen LogP contribution in [0.25, 0.3) is 0 Å². The number of benzene rings is 2. The summed E-state index contributed by atoms with van der Waals surface area (Å²) >= 11 is 3.58. The molecular weight excluding hydrogens is 316 g/mol. The van der Waals surface area contributed by atoms with Crippen molar-refractivity contribution in [1.29, 1.82) is 0 Å². The van der Waals surface area contributed by atoms with Crippen molar-refractivity contribution in [3.63, 3.8) is 0 Å². The Balaban J connectivity index is 1.72. The number of halogens is 1. The third-order valence-electron chi connectivity index (χ3n) is 3.66. The minimum absolute atomic E-state index is 0.315. The predicted octanol–water partition coefficient (Wildman–Crippen LogP) is 4.62. The quantitative estimate of drug-likeness (QED) is 0.816. The molecule has 0 radical (unpaired) electrons. The summed E-state index contributed by atoms with van der Waals surface area (Å²) in [5.74, 6) is 2.23. The smallest absolute Gasteiger partial charge is 0.123 e. The fourth-order valence-corrected chi connectivity index (χ4v) is 2.78. The Bertz CT molecular complexity index is 614. The van der Waals surface area contributed by atoms with Crippen LogP contribution < -0.4 is 9.47 Å². The Morgan fingerprint density at radius 3 is 2.65 bits per heavy atom. The van der Waals surface area contributed by atoms with E-state index in [0.29, 0.717) is 19.1 Å². The van der Waals surface area contributed by atoms with E-state index in [1.54, 1.807) is 0 Å². The van der Waals surface area contributed by atoms with E-state index in [1.807, 2.05) is 12.1 Å².